The molecule has 0 heterocycles. The molecule has 0 radical (unpaired) electrons. The first-order valence-electron chi connectivity index (χ1n) is 3.34. The maximum absolute atomic E-state index is 10.5. The number of carbonyl (C=O) groups excluding carboxylic acids is 1. The first-order valence-corrected chi connectivity index (χ1v) is 4.13. The van der Waals surface area contributed by atoms with Crippen LogP contribution in [-0.2, 0) is 4.79 Å². The third kappa shape index (κ3) is 2.06. The van der Waals surface area contributed by atoms with E-state index < -0.39 is 12.0 Å². The van der Waals surface area contributed by atoms with E-state index in [0.717, 1.165) is 4.47 Å². The Morgan fingerprint density at radius 3 is 2.33 bits per heavy atom. The van der Waals surface area contributed by atoms with Crippen molar-refractivity contribution in [2.24, 2.45) is 5.73 Å². The van der Waals surface area contributed by atoms with Crippen LogP contribution < -0.4 is 5.73 Å². The number of nitrogens with two attached hydrogens (primary N) is 1. The third-order valence-electron chi connectivity index (χ3n) is 1.46. The van der Waals surface area contributed by atoms with E-state index in [2.05, 4.69) is 15.9 Å². The van der Waals surface area contributed by atoms with Crippen LogP contribution in [0.5, 0.6) is 0 Å². The van der Waals surface area contributed by atoms with Crippen LogP contribution in [0, 0.1) is 0 Å². The molecular formula is C8H8BrNO2. The van der Waals surface area contributed by atoms with E-state index in [-0.39, 0.29) is 0 Å². The first kappa shape index (κ1) is 9.22. The number of hydrogen-bond acceptors (Lipinski definition) is 2. The number of rotatable bonds is 2. The van der Waals surface area contributed by atoms with Crippen LogP contribution in [0.2, 0.25) is 0 Å². The molecule has 0 aliphatic heterocycles. The number of aliphatic hydroxyl groups excluding tert-OH is 1. The van der Waals surface area contributed by atoms with E-state index in [1.54, 1.807) is 24.3 Å². The van der Waals surface area contributed by atoms with Crippen molar-refractivity contribution in [2.45, 2.75) is 6.10 Å². The van der Waals surface area contributed by atoms with Gasteiger partial charge in [-0.3, -0.25) is 4.79 Å². The fourth-order valence-electron chi connectivity index (χ4n) is 0.809. The van der Waals surface area contributed by atoms with Gasteiger partial charge in [0.25, 0.3) is 5.91 Å². The maximum Gasteiger partial charge on any atom is 0.250 e. The molecule has 0 unspecified atom stereocenters. The van der Waals surface area contributed by atoms with E-state index in [1.165, 1.54) is 0 Å². The topological polar surface area (TPSA) is 63.3 Å². The van der Waals surface area contributed by atoms with Gasteiger partial charge in [0.05, 0.1) is 0 Å². The van der Waals surface area contributed by atoms with Gasteiger partial charge >= 0.3 is 0 Å². The number of carbonyl (C=O) groups is 1. The molecule has 1 atom stereocenters. The highest BCUT2D eigenvalue weighted by Gasteiger charge is 2.12. The van der Waals surface area contributed by atoms with Crippen molar-refractivity contribution < 1.29 is 9.90 Å². The molecule has 0 aliphatic carbocycles. The fourth-order valence-corrected chi connectivity index (χ4v) is 1.07. The summed E-state index contributed by atoms with van der Waals surface area (Å²) in [6.45, 7) is 0. The molecule has 1 rings (SSSR count). The number of halogens is 1. The summed E-state index contributed by atoms with van der Waals surface area (Å²) >= 11 is 3.23. The number of amides is 1. The van der Waals surface area contributed by atoms with Gasteiger partial charge in [-0.2, -0.15) is 0 Å². The predicted octanol–water partition coefficient (Wildman–Crippen LogP) is 0.968. The fraction of sp³-hybridized carbons (Fsp3) is 0.125. The normalized spacial score (nSPS) is 12.5. The second kappa shape index (κ2) is 3.69. The summed E-state index contributed by atoms with van der Waals surface area (Å²) in [6, 6.07) is 6.75. The van der Waals surface area contributed by atoms with E-state index >= 15 is 0 Å². The second-order valence-electron chi connectivity index (χ2n) is 2.36. The van der Waals surface area contributed by atoms with E-state index in [0.29, 0.717) is 5.56 Å². The highest BCUT2D eigenvalue weighted by Crippen LogP contribution is 2.16. The van der Waals surface area contributed by atoms with Gasteiger partial charge in [0.1, 0.15) is 0 Å². The molecule has 1 amide bonds. The molecule has 0 fully saturated rings. The monoisotopic (exact) mass is 229 g/mol. The van der Waals surface area contributed by atoms with Crippen LogP contribution in [0.3, 0.4) is 0 Å². The zero-order chi connectivity index (χ0) is 9.14. The molecule has 12 heavy (non-hydrogen) atoms. The van der Waals surface area contributed by atoms with Gasteiger partial charge in [-0.1, -0.05) is 28.1 Å². The van der Waals surface area contributed by atoms with Crippen molar-refractivity contribution in [3.05, 3.63) is 34.3 Å². The van der Waals surface area contributed by atoms with Gasteiger partial charge in [-0.15, -0.1) is 0 Å². The lowest BCUT2D eigenvalue weighted by Gasteiger charge is -2.05. The Balaban J connectivity index is 2.89. The van der Waals surface area contributed by atoms with Crippen molar-refractivity contribution in [1.29, 1.82) is 0 Å². The number of benzene rings is 1. The van der Waals surface area contributed by atoms with E-state index in [9.17, 15) is 9.90 Å². The van der Waals surface area contributed by atoms with Gasteiger partial charge in [-0.25, -0.2) is 0 Å². The van der Waals surface area contributed by atoms with Crippen molar-refractivity contribution in [3.8, 4) is 0 Å². The zero-order valence-corrected chi connectivity index (χ0v) is 7.78. The standard InChI is InChI=1S/C8H8BrNO2/c9-6-3-1-5(2-4-6)7(11)8(10)12/h1-4,7,11H,(H2,10,12)/t7-/m1/s1. The lowest BCUT2D eigenvalue weighted by Crippen LogP contribution is -2.20. The third-order valence-corrected chi connectivity index (χ3v) is 1.98. The molecule has 0 aromatic heterocycles. The average Bonchev–Trinajstić information content (AvgIpc) is 2.04. The minimum atomic E-state index is -1.21. The minimum Gasteiger partial charge on any atom is -0.378 e. The highest BCUT2D eigenvalue weighted by molar-refractivity contribution is 9.10. The maximum atomic E-state index is 10.5. The molecule has 0 saturated heterocycles. The van der Waals surface area contributed by atoms with Crippen LogP contribution in [0.15, 0.2) is 28.7 Å². The summed E-state index contributed by atoms with van der Waals surface area (Å²) in [5.41, 5.74) is 5.41. The van der Waals surface area contributed by atoms with Crippen LogP contribution in [0.4, 0.5) is 0 Å². The van der Waals surface area contributed by atoms with Gasteiger partial charge in [0.2, 0.25) is 0 Å². The number of aliphatic hydroxyl groups is 1. The molecule has 3 N–H and O–H groups in total. The zero-order valence-electron chi connectivity index (χ0n) is 6.20. The SMILES string of the molecule is NC(=O)[C@H](O)c1ccc(Br)cc1. The quantitative estimate of drug-likeness (QED) is 0.794. The van der Waals surface area contributed by atoms with Crippen molar-refractivity contribution in [1.82, 2.24) is 0 Å². The second-order valence-corrected chi connectivity index (χ2v) is 3.27. The summed E-state index contributed by atoms with van der Waals surface area (Å²) in [5, 5.41) is 9.20. The molecule has 64 valence electrons. The molecule has 1 aromatic rings. The Morgan fingerprint density at radius 1 is 1.42 bits per heavy atom. The molecular weight excluding hydrogens is 222 g/mol. The van der Waals surface area contributed by atoms with Crippen LogP contribution >= 0.6 is 15.9 Å². The first-order chi connectivity index (χ1) is 5.61. The summed E-state index contributed by atoms with van der Waals surface area (Å²) in [5.74, 6) is -0.739. The molecule has 0 bridgehead atoms. The van der Waals surface area contributed by atoms with Crippen LogP contribution in [-0.4, -0.2) is 11.0 Å². The van der Waals surface area contributed by atoms with E-state index in [1.807, 2.05) is 0 Å². The Labute approximate surface area is 78.3 Å². The lowest BCUT2D eigenvalue weighted by molar-refractivity contribution is -0.126. The van der Waals surface area contributed by atoms with Gasteiger partial charge in [-0.05, 0) is 17.7 Å². The molecule has 1 aromatic carbocycles. The molecule has 4 heteroatoms. The summed E-state index contributed by atoms with van der Waals surface area (Å²) in [7, 11) is 0. The van der Waals surface area contributed by atoms with Crippen molar-refractivity contribution in [3.63, 3.8) is 0 Å². The van der Waals surface area contributed by atoms with Gasteiger partial charge in [0, 0.05) is 4.47 Å². The summed E-state index contributed by atoms with van der Waals surface area (Å²) < 4.78 is 0.892. The van der Waals surface area contributed by atoms with Gasteiger partial charge < -0.3 is 10.8 Å². The predicted molar refractivity (Wildman–Crippen MR) is 48.3 cm³/mol. The molecule has 0 spiro atoms. The van der Waals surface area contributed by atoms with Crippen molar-refractivity contribution >= 4 is 21.8 Å². The Morgan fingerprint density at radius 2 is 1.92 bits per heavy atom. The summed E-state index contributed by atoms with van der Waals surface area (Å²) in [4.78, 5) is 10.5. The molecule has 0 aliphatic rings. The Bertz CT molecular complexity index is 284. The van der Waals surface area contributed by atoms with Crippen molar-refractivity contribution in [2.75, 3.05) is 0 Å². The number of hydrogen-bond donors (Lipinski definition) is 2. The summed E-state index contributed by atoms with van der Waals surface area (Å²) in [6.07, 6.45) is -1.21. The van der Waals surface area contributed by atoms with Crippen LogP contribution in [0.25, 0.3) is 0 Å². The van der Waals surface area contributed by atoms with Crippen LogP contribution in [0.1, 0.15) is 11.7 Å². The highest BCUT2D eigenvalue weighted by atomic mass is 79.9. The van der Waals surface area contributed by atoms with E-state index in [4.69, 9.17) is 5.73 Å². The largest absolute Gasteiger partial charge is 0.378 e. The molecule has 3 nitrogen and oxygen atoms in total. The smallest absolute Gasteiger partial charge is 0.250 e. The Kier molecular flexibility index (Phi) is 2.83. The minimum absolute atomic E-state index is 0.505. The number of primary amides is 1. The molecule has 0 saturated carbocycles. The lowest BCUT2D eigenvalue weighted by atomic mass is 10.1. The Hall–Kier alpha value is -0.870. The van der Waals surface area contributed by atoms with Gasteiger partial charge in [0.15, 0.2) is 6.10 Å². The average molecular weight is 230 g/mol.